The van der Waals surface area contributed by atoms with E-state index in [1.807, 2.05) is 18.2 Å². The lowest BCUT2D eigenvalue weighted by Gasteiger charge is -2.29. The molecule has 0 spiro atoms. The van der Waals surface area contributed by atoms with E-state index in [0.29, 0.717) is 36.4 Å². The Morgan fingerprint density at radius 2 is 2.24 bits per heavy atom. The van der Waals surface area contributed by atoms with Crippen molar-refractivity contribution in [1.29, 1.82) is 0 Å². The van der Waals surface area contributed by atoms with Gasteiger partial charge in [0.2, 0.25) is 0 Å². The van der Waals surface area contributed by atoms with Gasteiger partial charge in [0, 0.05) is 5.92 Å². The smallest absolute Gasteiger partial charge is 0.280 e. The Morgan fingerprint density at radius 3 is 3.05 bits per heavy atom. The molecule has 1 aliphatic carbocycles. The quantitative estimate of drug-likeness (QED) is 0.834. The second-order valence-electron chi connectivity index (χ2n) is 5.24. The molecule has 0 atom stereocenters. The molecule has 2 aliphatic rings. The molecule has 1 aromatic carbocycles. The van der Waals surface area contributed by atoms with Crippen molar-refractivity contribution < 1.29 is 13.9 Å². The molecule has 21 heavy (non-hydrogen) atoms. The number of ether oxygens (including phenoxy) is 1. The fourth-order valence-corrected chi connectivity index (χ4v) is 2.94. The Labute approximate surface area is 130 Å². The molecule has 5 nitrogen and oxygen atoms in total. The second-order valence-corrected chi connectivity index (χ2v) is 6.09. The minimum atomic E-state index is -0.145. The van der Waals surface area contributed by atoms with Crippen LogP contribution in [0.3, 0.4) is 0 Å². The van der Waals surface area contributed by atoms with E-state index in [-0.39, 0.29) is 5.91 Å². The zero-order valence-corrected chi connectivity index (χ0v) is 12.8. The van der Waals surface area contributed by atoms with E-state index in [4.69, 9.17) is 9.15 Å². The van der Waals surface area contributed by atoms with Gasteiger partial charge in [-0.15, -0.1) is 0 Å². The summed E-state index contributed by atoms with van der Waals surface area (Å²) in [5.74, 6) is 1.63. The molecule has 2 heterocycles. The maximum absolute atomic E-state index is 12.7. The third-order valence-corrected chi connectivity index (χ3v) is 4.34. The number of anilines is 1. The number of hydrogen-bond donors (Lipinski definition) is 0. The molecule has 108 valence electrons. The first-order valence-electron chi connectivity index (χ1n) is 6.92. The van der Waals surface area contributed by atoms with Crippen molar-refractivity contribution >= 4 is 27.5 Å². The van der Waals surface area contributed by atoms with Gasteiger partial charge in [0.25, 0.3) is 5.91 Å². The first-order chi connectivity index (χ1) is 10.2. The SMILES string of the molecule is O=C(c1coc(C2CC2)n1)N1CCOc2c(Br)cccc21. The Hall–Kier alpha value is -1.82. The van der Waals surface area contributed by atoms with Crippen molar-refractivity contribution in [3.8, 4) is 5.75 Å². The highest BCUT2D eigenvalue weighted by Gasteiger charge is 2.32. The molecule has 6 heteroatoms. The lowest BCUT2D eigenvalue weighted by Crippen LogP contribution is -2.38. The van der Waals surface area contributed by atoms with E-state index >= 15 is 0 Å². The topological polar surface area (TPSA) is 55.6 Å². The largest absolute Gasteiger partial charge is 0.488 e. The first kappa shape index (κ1) is 12.9. The fraction of sp³-hybridized carbons (Fsp3) is 0.333. The van der Waals surface area contributed by atoms with Gasteiger partial charge in [-0.25, -0.2) is 4.98 Å². The highest BCUT2D eigenvalue weighted by atomic mass is 79.9. The van der Waals surface area contributed by atoms with Gasteiger partial charge in [-0.1, -0.05) is 6.07 Å². The maximum Gasteiger partial charge on any atom is 0.280 e. The highest BCUT2D eigenvalue weighted by Crippen LogP contribution is 2.40. The van der Waals surface area contributed by atoms with Crippen LogP contribution in [0.5, 0.6) is 5.75 Å². The minimum Gasteiger partial charge on any atom is -0.488 e. The van der Waals surface area contributed by atoms with Gasteiger partial charge in [0.05, 0.1) is 16.7 Å². The van der Waals surface area contributed by atoms with Crippen LogP contribution in [-0.4, -0.2) is 24.0 Å². The van der Waals surface area contributed by atoms with Crippen molar-refractivity contribution in [2.45, 2.75) is 18.8 Å². The lowest BCUT2D eigenvalue weighted by atomic mass is 10.2. The van der Waals surface area contributed by atoms with Crippen molar-refractivity contribution in [3.05, 3.63) is 40.5 Å². The Kier molecular flexibility index (Phi) is 2.99. The van der Waals surface area contributed by atoms with Crippen LogP contribution < -0.4 is 9.64 Å². The zero-order chi connectivity index (χ0) is 14.4. The third-order valence-electron chi connectivity index (χ3n) is 3.71. The van der Waals surface area contributed by atoms with Crippen molar-refractivity contribution in [3.63, 3.8) is 0 Å². The first-order valence-corrected chi connectivity index (χ1v) is 7.72. The average Bonchev–Trinajstić information content (AvgIpc) is 3.24. The molecule has 0 unspecified atom stereocenters. The van der Waals surface area contributed by atoms with Crippen LogP contribution in [0.1, 0.15) is 35.1 Å². The zero-order valence-electron chi connectivity index (χ0n) is 11.2. The van der Waals surface area contributed by atoms with Gasteiger partial charge in [-0.05, 0) is 40.9 Å². The summed E-state index contributed by atoms with van der Waals surface area (Å²) in [6.07, 6.45) is 3.66. The summed E-state index contributed by atoms with van der Waals surface area (Å²) in [7, 11) is 0. The number of carbonyl (C=O) groups excluding carboxylic acids is 1. The summed E-state index contributed by atoms with van der Waals surface area (Å²) < 4.78 is 11.9. The monoisotopic (exact) mass is 348 g/mol. The van der Waals surface area contributed by atoms with Gasteiger partial charge in [-0.2, -0.15) is 0 Å². The normalized spacial score (nSPS) is 17.3. The molecule has 1 aliphatic heterocycles. The maximum atomic E-state index is 12.7. The number of carbonyl (C=O) groups is 1. The summed E-state index contributed by atoms with van der Waals surface area (Å²) in [4.78, 5) is 18.7. The Morgan fingerprint density at radius 1 is 1.38 bits per heavy atom. The molecule has 1 aromatic heterocycles. The number of oxazole rings is 1. The van der Waals surface area contributed by atoms with Crippen LogP contribution in [-0.2, 0) is 0 Å². The summed E-state index contributed by atoms with van der Waals surface area (Å²) in [5, 5.41) is 0. The number of rotatable bonds is 2. The van der Waals surface area contributed by atoms with Crippen LogP contribution in [0.4, 0.5) is 5.69 Å². The number of hydrogen-bond acceptors (Lipinski definition) is 4. The summed E-state index contributed by atoms with van der Waals surface area (Å²) in [6, 6.07) is 5.66. The number of halogens is 1. The van der Waals surface area contributed by atoms with Gasteiger partial charge in [0.1, 0.15) is 12.9 Å². The van der Waals surface area contributed by atoms with Gasteiger partial charge >= 0.3 is 0 Å². The van der Waals surface area contributed by atoms with Gasteiger partial charge < -0.3 is 9.15 Å². The molecule has 0 N–H and O–H groups in total. The van der Waals surface area contributed by atoms with E-state index in [1.165, 1.54) is 6.26 Å². The van der Waals surface area contributed by atoms with Crippen molar-refractivity contribution in [2.75, 3.05) is 18.1 Å². The van der Waals surface area contributed by atoms with Gasteiger partial charge in [0.15, 0.2) is 17.3 Å². The molecular weight excluding hydrogens is 336 g/mol. The van der Waals surface area contributed by atoms with E-state index in [9.17, 15) is 4.79 Å². The van der Waals surface area contributed by atoms with E-state index in [0.717, 1.165) is 23.0 Å². The number of nitrogens with zero attached hydrogens (tertiary/aromatic N) is 2. The summed E-state index contributed by atoms with van der Waals surface area (Å²) in [6.45, 7) is 0.975. The number of para-hydroxylation sites is 1. The molecule has 0 bridgehead atoms. The van der Waals surface area contributed by atoms with Gasteiger partial charge in [-0.3, -0.25) is 9.69 Å². The number of fused-ring (bicyclic) bond motifs is 1. The van der Waals surface area contributed by atoms with E-state index in [1.54, 1.807) is 4.90 Å². The standard InChI is InChI=1S/C15H13BrN2O3/c16-10-2-1-3-12-13(10)20-7-6-18(12)15(19)11-8-21-14(17-11)9-4-5-9/h1-3,8-9H,4-7H2. The average molecular weight is 349 g/mol. The molecule has 1 saturated carbocycles. The minimum absolute atomic E-state index is 0.145. The van der Waals surface area contributed by atoms with Crippen LogP contribution in [0, 0.1) is 0 Å². The second kappa shape index (κ2) is 4.87. The summed E-state index contributed by atoms with van der Waals surface area (Å²) in [5.41, 5.74) is 1.13. The van der Waals surface area contributed by atoms with Crippen LogP contribution in [0.2, 0.25) is 0 Å². The van der Waals surface area contributed by atoms with Crippen molar-refractivity contribution in [1.82, 2.24) is 4.98 Å². The third kappa shape index (κ3) is 2.23. The molecule has 0 saturated heterocycles. The van der Waals surface area contributed by atoms with Crippen LogP contribution in [0.15, 0.2) is 33.4 Å². The molecular formula is C15H13BrN2O3. The number of aromatic nitrogens is 1. The molecule has 0 radical (unpaired) electrons. The number of amides is 1. The molecule has 4 rings (SSSR count). The highest BCUT2D eigenvalue weighted by molar-refractivity contribution is 9.10. The van der Waals surface area contributed by atoms with Crippen LogP contribution >= 0.6 is 15.9 Å². The predicted octanol–water partition coefficient (Wildman–Crippen LogP) is 3.35. The molecule has 1 fully saturated rings. The fourth-order valence-electron chi connectivity index (χ4n) is 2.47. The molecule has 1 amide bonds. The van der Waals surface area contributed by atoms with Crippen molar-refractivity contribution in [2.24, 2.45) is 0 Å². The summed E-state index contributed by atoms with van der Waals surface area (Å²) >= 11 is 3.45. The predicted molar refractivity (Wildman–Crippen MR) is 79.8 cm³/mol. The Balaban J connectivity index is 1.67. The Bertz CT molecular complexity index is 709. The van der Waals surface area contributed by atoms with E-state index in [2.05, 4.69) is 20.9 Å². The van der Waals surface area contributed by atoms with E-state index < -0.39 is 0 Å². The number of benzene rings is 1. The lowest BCUT2D eigenvalue weighted by molar-refractivity contribution is 0.0971. The molecule has 2 aromatic rings. The van der Waals surface area contributed by atoms with Crippen LogP contribution in [0.25, 0.3) is 0 Å².